The van der Waals surface area contributed by atoms with E-state index in [-0.39, 0.29) is 17.5 Å². The molecule has 1 saturated heterocycles. The minimum atomic E-state index is -0.656. The molecule has 1 aromatic carbocycles. The fraction of sp³-hybridized carbons (Fsp3) is 0.600. The fourth-order valence-electron chi connectivity index (χ4n) is 5.28. The molecule has 2 heterocycles. The van der Waals surface area contributed by atoms with Crippen LogP contribution in [0.1, 0.15) is 63.5 Å². The molecule has 1 aliphatic carbocycles. The summed E-state index contributed by atoms with van der Waals surface area (Å²) in [5.41, 5.74) is 1.25. The number of nitrogens with zero attached hydrogens (tertiary/aromatic N) is 1. The first-order valence-electron chi connectivity index (χ1n) is 11.6. The quantitative estimate of drug-likeness (QED) is 0.730. The van der Waals surface area contributed by atoms with E-state index in [1.54, 1.807) is 13.0 Å². The van der Waals surface area contributed by atoms with Gasteiger partial charge in [-0.3, -0.25) is 4.79 Å². The SMILES string of the molecule is CCCc1cc(=O)oc2c(C)c(O[C@@H](C)C(=O)N3CC[C@]4(O)CCCC[C@H]4C3)ccc12. The number of hydrogen-bond acceptors (Lipinski definition) is 5. The van der Waals surface area contributed by atoms with Crippen LogP contribution < -0.4 is 10.4 Å². The van der Waals surface area contributed by atoms with Crippen LogP contribution in [0.5, 0.6) is 5.75 Å². The molecule has 2 fully saturated rings. The Labute approximate surface area is 183 Å². The highest BCUT2D eigenvalue weighted by Crippen LogP contribution is 2.40. The van der Waals surface area contributed by atoms with Crippen molar-refractivity contribution in [2.45, 2.75) is 77.4 Å². The normalized spacial score (nSPS) is 24.6. The molecule has 1 amide bonds. The monoisotopic (exact) mass is 427 g/mol. The highest BCUT2D eigenvalue weighted by Gasteiger charge is 2.44. The first-order chi connectivity index (χ1) is 14.8. The van der Waals surface area contributed by atoms with Crippen molar-refractivity contribution in [2.75, 3.05) is 13.1 Å². The molecule has 6 nitrogen and oxygen atoms in total. The molecule has 0 bridgehead atoms. The first-order valence-corrected chi connectivity index (χ1v) is 11.6. The van der Waals surface area contributed by atoms with Gasteiger partial charge in [-0.25, -0.2) is 4.79 Å². The Kier molecular flexibility index (Phi) is 6.11. The van der Waals surface area contributed by atoms with Crippen LogP contribution >= 0.6 is 0 Å². The maximum absolute atomic E-state index is 13.1. The van der Waals surface area contributed by atoms with E-state index in [0.29, 0.717) is 30.8 Å². The number of aliphatic hydroxyl groups is 1. The van der Waals surface area contributed by atoms with Gasteiger partial charge in [0, 0.05) is 36.0 Å². The summed E-state index contributed by atoms with van der Waals surface area (Å²) in [4.78, 5) is 27.0. The van der Waals surface area contributed by atoms with Crippen molar-refractivity contribution in [3.8, 4) is 5.75 Å². The molecule has 3 atom stereocenters. The van der Waals surface area contributed by atoms with Crippen molar-refractivity contribution in [3.05, 3.63) is 39.7 Å². The van der Waals surface area contributed by atoms with Crippen molar-refractivity contribution >= 4 is 16.9 Å². The number of fused-ring (bicyclic) bond motifs is 2. The fourth-order valence-corrected chi connectivity index (χ4v) is 5.28. The lowest BCUT2D eigenvalue weighted by molar-refractivity contribution is -0.149. The number of ether oxygens (including phenoxy) is 1. The third-order valence-electron chi connectivity index (χ3n) is 7.11. The van der Waals surface area contributed by atoms with Crippen molar-refractivity contribution in [3.63, 3.8) is 0 Å². The molecule has 0 radical (unpaired) electrons. The second-order valence-corrected chi connectivity index (χ2v) is 9.25. The Morgan fingerprint density at radius 2 is 2.16 bits per heavy atom. The zero-order chi connectivity index (χ0) is 22.2. The summed E-state index contributed by atoms with van der Waals surface area (Å²) in [7, 11) is 0. The summed E-state index contributed by atoms with van der Waals surface area (Å²) in [6.45, 7) is 6.85. The third-order valence-corrected chi connectivity index (χ3v) is 7.11. The summed E-state index contributed by atoms with van der Waals surface area (Å²) in [5, 5.41) is 11.8. The van der Waals surface area contributed by atoms with Gasteiger partial charge in [0.25, 0.3) is 5.91 Å². The molecule has 31 heavy (non-hydrogen) atoms. The van der Waals surface area contributed by atoms with Gasteiger partial charge >= 0.3 is 5.63 Å². The number of hydrogen-bond donors (Lipinski definition) is 1. The molecule has 2 aromatic rings. The summed E-state index contributed by atoms with van der Waals surface area (Å²) < 4.78 is 11.5. The molecule has 2 aliphatic rings. The van der Waals surface area contributed by atoms with E-state index in [4.69, 9.17) is 9.15 Å². The topological polar surface area (TPSA) is 80.0 Å². The lowest BCUT2D eigenvalue weighted by atomic mass is 9.71. The number of benzene rings is 1. The summed E-state index contributed by atoms with van der Waals surface area (Å²) in [6.07, 6.45) is 5.71. The lowest BCUT2D eigenvalue weighted by Crippen LogP contribution is -2.56. The van der Waals surface area contributed by atoms with Gasteiger partial charge in [0.1, 0.15) is 11.3 Å². The second-order valence-electron chi connectivity index (χ2n) is 9.25. The molecule has 1 saturated carbocycles. The largest absolute Gasteiger partial charge is 0.480 e. The van der Waals surface area contributed by atoms with Crippen LogP contribution in [-0.4, -0.2) is 40.7 Å². The van der Waals surface area contributed by atoms with Gasteiger partial charge in [0.05, 0.1) is 5.60 Å². The van der Waals surface area contributed by atoms with E-state index in [1.807, 2.05) is 24.0 Å². The number of carbonyl (C=O) groups excluding carboxylic acids is 1. The standard InChI is InChI=1S/C25H33NO5/c1-4-7-18-14-22(27)31-23-16(2)21(10-9-20(18)23)30-17(3)24(28)26-13-12-25(29)11-6-5-8-19(25)15-26/h9-10,14,17,19,29H,4-8,11-13,15H2,1-3H3/t17-,19-,25+/m0/s1. The summed E-state index contributed by atoms with van der Waals surface area (Å²) in [5.74, 6) is 0.643. The van der Waals surface area contributed by atoms with Gasteiger partial charge < -0.3 is 19.2 Å². The number of likely N-dealkylation sites (tertiary alicyclic amines) is 1. The summed E-state index contributed by atoms with van der Waals surface area (Å²) in [6, 6.07) is 5.32. The molecule has 0 spiro atoms. The lowest BCUT2D eigenvalue weighted by Gasteiger charge is -2.47. The highest BCUT2D eigenvalue weighted by atomic mass is 16.5. The number of carbonyl (C=O) groups is 1. The maximum Gasteiger partial charge on any atom is 0.336 e. The van der Waals surface area contributed by atoms with Crippen LogP contribution in [0.25, 0.3) is 11.0 Å². The van der Waals surface area contributed by atoms with Crippen molar-refractivity contribution in [2.24, 2.45) is 5.92 Å². The number of piperidine rings is 1. The van der Waals surface area contributed by atoms with E-state index in [9.17, 15) is 14.7 Å². The molecule has 1 aliphatic heterocycles. The van der Waals surface area contributed by atoms with Crippen molar-refractivity contribution < 1.29 is 19.1 Å². The van der Waals surface area contributed by atoms with E-state index < -0.39 is 11.7 Å². The molecule has 1 N–H and O–H groups in total. The molecule has 6 heteroatoms. The number of aryl methyl sites for hydroxylation is 2. The zero-order valence-electron chi connectivity index (χ0n) is 18.8. The van der Waals surface area contributed by atoms with Crippen LogP contribution in [0.2, 0.25) is 0 Å². The Hall–Kier alpha value is -2.34. The second kappa shape index (κ2) is 8.65. The first kappa shape index (κ1) is 21.9. The maximum atomic E-state index is 13.1. The molecule has 0 unspecified atom stereocenters. The van der Waals surface area contributed by atoms with E-state index in [0.717, 1.165) is 55.0 Å². The molecule has 4 rings (SSSR count). The van der Waals surface area contributed by atoms with Crippen molar-refractivity contribution in [1.29, 1.82) is 0 Å². The third kappa shape index (κ3) is 4.22. The molecule has 168 valence electrons. The highest BCUT2D eigenvalue weighted by molar-refractivity contribution is 5.85. The number of rotatable bonds is 5. The smallest absolute Gasteiger partial charge is 0.336 e. The number of amides is 1. The molecular formula is C25H33NO5. The van der Waals surface area contributed by atoms with Gasteiger partial charge in [0.15, 0.2) is 6.10 Å². The average Bonchev–Trinajstić information content (AvgIpc) is 2.75. The minimum absolute atomic E-state index is 0.0618. The van der Waals surface area contributed by atoms with Crippen LogP contribution in [0.3, 0.4) is 0 Å². The molecule has 1 aromatic heterocycles. The van der Waals surface area contributed by atoms with Crippen LogP contribution in [0, 0.1) is 12.8 Å². The van der Waals surface area contributed by atoms with Gasteiger partial charge in [-0.15, -0.1) is 0 Å². The van der Waals surface area contributed by atoms with E-state index >= 15 is 0 Å². The van der Waals surface area contributed by atoms with Crippen LogP contribution in [-0.2, 0) is 11.2 Å². The summed E-state index contributed by atoms with van der Waals surface area (Å²) >= 11 is 0. The zero-order valence-corrected chi connectivity index (χ0v) is 18.8. The predicted molar refractivity (Wildman–Crippen MR) is 119 cm³/mol. The van der Waals surface area contributed by atoms with Gasteiger partial charge in [-0.2, -0.15) is 0 Å². The Balaban J connectivity index is 1.51. The van der Waals surface area contributed by atoms with Gasteiger partial charge in [-0.1, -0.05) is 26.2 Å². The Morgan fingerprint density at radius 1 is 1.35 bits per heavy atom. The van der Waals surface area contributed by atoms with Crippen LogP contribution in [0.15, 0.2) is 27.4 Å². The van der Waals surface area contributed by atoms with Gasteiger partial charge in [0.2, 0.25) is 0 Å². The van der Waals surface area contributed by atoms with Crippen molar-refractivity contribution in [1.82, 2.24) is 4.90 Å². The van der Waals surface area contributed by atoms with Crippen LogP contribution in [0.4, 0.5) is 0 Å². The Bertz CT molecular complexity index is 1030. The predicted octanol–water partition coefficient (Wildman–Crippen LogP) is 3.97. The van der Waals surface area contributed by atoms with E-state index in [2.05, 4.69) is 6.92 Å². The molecular weight excluding hydrogens is 394 g/mol. The Morgan fingerprint density at radius 3 is 2.94 bits per heavy atom. The minimum Gasteiger partial charge on any atom is -0.480 e. The van der Waals surface area contributed by atoms with E-state index in [1.165, 1.54) is 0 Å². The average molecular weight is 428 g/mol. The van der Waals surface area contributed by atoms with Gasteiger partial charge in [-0.05, 0) is 57.2 Å².